The molecule has 1 amide bonds. The number of aliphatic hydroxyl groups is 1. The van der Waals surface area contributed by atoms with Crippen molar-refractivity contribution in [1.29, 1.82) is 0 Å². The highest BCUT2D eigenvalue weighted by Gasteiger charge is 2.25. The Morgan fingerprint density at radius 2 is 1.79 bits per heavy atom. The molecular formula is C14H19NO4. The van der Waals surface area contributed by atoms with E-state index in [2.05, 4.69) is 5.32 Å². The molecule has 0 spiro atoms. The van der Waals surface area contributed by atoms with Crippen LogP contribution in [-0.4, -0.2) is 28.2 Å². The Morgan fingerprint density at radius 3 is 2.26 bits per heavy atom. The SMILES string of the molecule is CC(C)C[C@H](O)C(=O)N[C@H](C(=O)O)c1ccccc1. The Bertz CT molecular complexity index is 430. The van der Waals surface area contributed by atoms with Crippen molar-refractivity contribution in [3.8, 4) is 0 Å². The summed E-state index contributed by atoms with van der Waals surface area (Å²) in [5.41, 5.74) is 0.472. The second-order valence-electron chi connectivity index (χ2n) is 4.84. The number of benzene rings is 1. The lowest BCUT2D eigenvalue weighted by Gasteiger charge is -2.18. The first kappa shape index (κ1) is 15.2. The molecule has 19 heavy (non-hydrogen) atoms. The molecule has 0 aliphatic heterocycles. The standard InChI is InChI=1S/C14H19NO4/c1-9(2)8-11(16)13(17)15-12(14(18)19)10-6-4-3-5-7-10/h3-7,9,11-12,16H,8H2,1-2H3,(H,15,17)(H,18,19)/t11-,12-/m0/s1. The first-order chi connectivity index (χ1) is 8.91. The number of carboxylic acid groups (broad SMARTS) is 1. The predicted molar refractivity (Wildman–Crippen MR) is 70.4 cm³/mol. The van der Waals surface area contributed by atoms with Gasteiger partial charge in [0.05, 0.1) is 0 Å². The maximum absolute atomic E-state index is 11.7. The van der Waals surface area contributed by atoms with E-state index in [4.69, 9.17) is 5.11 Å². The zero-order valence-corrected chi connectivity index (χ0v) is 11.0. The molecule has 0 saturated heterocycles. The van der Waals surface area contributed by atoms with Gasteiger partial charge in [-0.3, -0.25) is 4.79 Å². The highest BCUT2D eigenvalue weighted by atomic mass is 16.4. The molecule has 1 aromatic carbocycles. The van der Waals surface area contributed by atoms with E-state index in [-0.39, 0.29) is 5.92 Å². The number of hydrogen-bond acceptors (Lipinski definition) is 3. The molecule has 5 nitrogen and oxygen atoms in total. The van der Waals surface area contributed by atoms with E-state index < -0.39 is 24.0 Å². The predicted octanol–water partition coefficient (Wildman–Crippen LogP) is 1.34. The number of hydrogen-bond donors (Lipinski definition) is 3. The van der Waals surface area contributed by atoms with Crippen molar-refractivity contribution in [2.75, 3.05) is 0 Å². The molecule has 0 aliphatic carbocycles. The highest BCUT2D eigenvalue weighted by molar-refractivity contribution is 5.86. The Kier molecular flexibility index (Phi) is 5.51. The van der Waals surface area contributed by atoms with Crippen LogP contribution in [0.3, 0.4) is 0 Å². The molecule has 0 aliphatic rings. The summed E-state index contributed by atoms with van der Waals surface area (Å²) in [6.07, 6.45) is -0.891. The normalized spacial score (nSPS) is 13.9. The van der Waals surface area contributed by atoms with Crippen molar-refractivity contribution in [2.24, 2.45) is 5.92 Å². The first-order valence-electron chi connectivity index (χ1n) is 6.18. The van der Waals surface area contributed by atoms with Crippen LogP contribution < -0.4 is 5.32 Å². The van der Waals surface area contributed by atoms with E-state index in [1.54, 1.807) is 30.3 Å². The van der Waals surface area contributed by atoms with E-state index in [0.29, 0.717) is 12.0 Å². The second-order valence-corrected chi connectivity index (χ2v) is 4.84. The average Bonchev–Trinajstić information content (AvgIpc) is 2.35. The van der Waals surface area contributed by atoms with Crippen molar-refractivity contribution >= 4 is 11.9 Å². The van der Waals surface area contributed by atoms with Gasteiger partial charge in [-0.1, -0.05) is 44.2 Å². The number of carboxylic acids is 1. The molecule has 1 aromatic rings. The van der Waals surface area contributed by atoms with Gasteiger partial charge in [0.25, 0.3) is 0 Å². The third kappa shape index (κ3) is 4.71. The summed E-state index contributed by atoms with van der Waals surface area (Å²) >= 11 is 0. The van der Waals surface area contributed by atoms with Gasteiger partial charge in [0.1, 0.15) is 6.10 Å². The van der Waals surface area contributed by atoms with Gasteiger partial charge in [0.15, 0.2) is 6.04 Å². The van der Waals surface area contributed by atoms with E-state index in [1.807, 2.05) is 13.8 Å². The molecule has 0 saturated carbocycles. The average molecular weight is 265 g/mol. The number of carbonyl (C=O) groups is 2. The van der Waals surface area contributed by atoms with Gasteiger partial charge >= 0.3 is 5.97 Å². The summed E-state index contributed by atoms with van der Waals surface area (Å²) < 4.78 is 0. The maximum atomic E-state index is 11.7. The van der Waals surface area contributed by atoms with E-state index >= 15 is 0 Å². The van der Waals surface area contributed by atoms with Crippen LogP contribution in [0.25, 0.3) is 0 Å². The Hall–Kier alpha value is -1.88. The third-order valence-electron chi connectivity index (χ3n) is 2.66. The van der Waals surface area contributed by atoms with Gasteiger partial charge in [0.2, 0.25) is 5.91 Å². The lowest BCUT2D eigenvalue weighted by molar-refractivity contribution is -0.143. The third-order valence-corrected chi connectivity index (χ3v) is 2.66. The molecule has 2 atom stereocenters. The van der Waals surface area contributed by atoms with Gasteiger partial charge in [-0.15, -0.1) is 0 Å². The monoisotopic (exact) mass is 265 g/mol. The molecule has 0 radical (unpaired) electrons. The van der Waals surface area contributed by atoms with Crippen molar-refractivity contribution in [1.82, 2.24) is 5.32 Å². The number of amides is 1. The zero-order valence-electron chi connectivity index (χ0n) is 11.0. The minimum absolute atomic E-state index is 0.153. The van der Waals surface area contributed by atoms with Crippen LogP contribution in [-0.2, 0) is 9.59 Å². The molecule has 0 aromatic heterocycles. The summed E-state index contributed by atoms with van der Waals surface area (Å²) in [5.74, 6) is -1.66. The number of aliphatic carboxylic acids is 1. The summed E-state index contributed by atoms with van der Waals surface area (Å²) in [6, 6.07) is 7.25. The van der Waals surface area contributed by atoms with Crippen molar-refractivity contribution in [3.05, 3.63) is 35.9 Å². The number of aliphatic hydroxyl groups excluding tert-OH is 1. The molecule has 0 bridgehead atoms. The van der Waals surface area contributed by atoms with Gasteiger partial charge in [0, 0.05) is 0 Å². The van der Waals surface area contributed by atoms with Gasteiger partial charge < -0.3 is 15.5 Å². The van der Waals surface area contributed by atoms with Crippen LogP contribution in [0.4, 0.5) is 0 Å². The van der Waals surface area contributed by atoms with Gasteiger partial charge in [-0.2, -0.15) is 0 Å². The highest BCUT2D eigenvalue weighted by Crippen LogP contribution is 2.14. The number of carbonyl (C=O) groups excluding carboxylic acids is 1. The molecule has 5 heteroatoms. The smallest absolute Gasteiger partial charge is 0.330 e. The van der Waals surface area contributed by atoms with E-state index in [9.17, 15) is 14.7 Å². The fourth-order valence-corrected chi connectivity index (χ4v) is 1.73. The number of nitrogens with one attached hydrogen (secondary N) is 1. The molecule has 3 N–H and O–H groups in total. The zero-order chi connectivity index (χ0) is 14.4. The van der Waals surface area contributed by atoms with Crippen molar-refractivity contribution in [3.63, 3.8) is 0 Å². The van der Waals surface area contributed by atoms with Crippen molar-refractivity contribution in [2.45, 2.75) is 32.4 Å². The number of rotatable bonds is 6. The Morgan fingerprint density at radius 1 is 1.21 bits per heavy atom. The molecule has 0 heterocycles. The summed E-state index contributed by atoms with van der Waals surface area (Å²) in [7, 11) is 0. The lowest BCUT2D eigenvalue weighted by atomic mass is 10.0. The minimum atomic E-state index is -1.19. The molecule has 104 valence electrons. The lowest BCUT2D eigenvalue weighted by Crippen LogP contribution is -2.40. The van der Waals surface area contributed by atoms with Gasteiger partial charge in [-0.05, 0) is 17.9 Å². The molecule has 1 rings (SSSR count). The van der Waals surface area contributed by atoms with Crippen LogP contribution in [0.2, 0.25) is 0 Å². The van der Waals surface area contributed by atoms with Crippen LogP contribution in [0.5, 0.6) is 0 Å². The fourth-order valence-electron chi connectivity index (χ4n) is 1.73. The molecule has 0 unspecified atom stereocenters. The Balaban J connectivity index is 2.75. The van der Waals surface area contributed by atoms with Crippen LogP contribution >= 0.6 is 0 Å². The van der Waals surface area contributed by atoms with E-state index in [1.165, 1.54) is 0 Å². The van der Waals surface area contributed by atoms with Crippen molar-refractivity contribution < 1.29 is 19.8 Å². The minimum Gasteiger partial charge on any atom is -0.479 e. The van der Waals surface area contributed by atoms with Gasteiger partial charge in [-0.25, -0.2) is 4.79 Å². The van der Waals surface area contributed by atoms with Crippen LogP contribution in [0.15, 0.2) is 30.3 Å². The molecule has 0 fully saturated rings. The topological polar surface area (TPSA) is 86.6 Å². The molecular weight excluding hydrogens is 246 g/mol. The maximum Gasteiger partial charge on any atom is 0.330 e. The summed E-state index contributed by atoms with van der Waals surface area (Å²) in [6.45, 7) is 3.75. The summed E-state index contributed by atoms with van der Waals surface area (Å²) in [4.78, 5) is 22.9. The fraction of sp³-hybridized carbons (Fsp3) is 0.429. The quantitative estimate of drug-likeness (QED) is 0.724. The van der Waals surface area contributed by atoms with Crippen LogP contribution in [0, 0.1) is 5.92 Å². The van der Waals surface area contributed by atoms with E-state index in [0.717, 1.165) is 0 Å². The van der Waals surface area contributed by atoms with Crippen LogP contribution in [0.1, 0.15) is 31.9 Å². The largest absolute Gasteiger partial charge is 0.479 e. The second kappa shape index (κ2) is 6.89. The first-order valence-corrected chi connectivity index (χ1v) is 6.18. The summed E-state index contributed by atoms with van der Waals surface area (Å²) in [5, 5.41) is 21.2. The Labute approximate surface area is 112 Å².